The number of ether oxygens (including phenoxy) is 2. The van der Waals surface area contributed by atoms with Crippen LogP contribution < -0.4 is 0 Å². The third-order valence-electron chi connectivity index (χ3n) is 5.15. The number of rotatable bonds is 5. The first-order valence-corrected chi connectivity index (χ1v) is 11.0. The average molecular weight is 459 g/mol. The third kappa shape index (κ3) is 5.17. The van der Waals surface area contributed by atoms with E-state index in [1.807, 2.05) is 55.5 Å². The van der Waals surface area contributed by atoms with Gasteiger partial charge in [0.25, 0.3) is 0 Å². The van der Waals surface area contributed by atoms with Crippen molar-refractivity contribution in [1.29, 1.82) is 0 Å². The third-order valence-corrected chi connectivity index (χ3v) is 5.15. The van der Waals surface area contributed by atoms with Crippen LogP contribution in [0.3, 0.4) is 0 Å². The van der Waals surface area contributed by atoms with Gasteiger partial charge in [0.15, 0.2) is 0 Å². The van der Waals surface area contributed by atoms with Gasteiger partial charge >= 0.3 is 12.1 Å². The second-order valence-corrected chi connectivity index (χ2v) is 8.79. The Kier molecular flexibility index (Phi) is 7.20. The van der Waals surface area contributed by atoms with Crippen LogP contribution in [0.1, 0.15) is 49.4 Å². The number of esters is 1. The lowest BCUT2D eigenvalue weighted by Crippen LogP contribution is -2.27. The van der Waals surface area contributed by atoms with Gasteiger partial charge < -0.3 is 9.47 Å². The highest BCUT2D eigenvalue weighted by Crippen LogP contribution is 2.30. The summed E-state index contributed by atoms with van der Waals surface area (Å²) in [6.45, 7) is 13.0. The fourth-order valence-corrected chi connectivity index (χ4v) is 3.60. The Labute approximate surface area is 200 Å². The minimum absolute atomic E-state index is 0.282. The highest BCUT2D eigenvalue weighted by Gasteiger charge is 2.25. The van der Waals surface area contributed by atoms with Crippen LogP contribution in [-0.4, -0.2) is 34.3 Å². The monoisotopic (exact) mass is 458 g/mol. The topological polar surface area (TPSA) is 70.4 Å². The van der Waals surface area contributed by atoms with Gasteiger partial charge in [0.05, 0.1) is 18.2 Å². The zero-order chi connectivity index (χ0) is 25.0. The number of aromatic nitrogens is 2. The van der Waals surface area contributed by atoms with Crippen molar-refractivity contribution in [3.8, 4) is 11.1 Å². The van der Waals surface area contributed by atoms with Gasteiger partial charge in [-0.15, -0.1) is 0 Å². The molecule has 0 N–H and O–H groups in total. The average Bonchev–Trinajstić information content (AvgIpc) is 3.13. The molecule has 0 saturated carbocycles. The quantitative estimate of drug-likeness (QED) is 0.313. The number of nitrogens with zero attached hydrogens (tertiary/aromatic N) is 2. The van der Waals surface area contributed by atoms with E-state index in [9.17, 15) is 9.59 Å². The zero-order valence-corrected chi connectivity index (χ0v) is 20.5. The predicted molar refractivity (Wildman–Crippen MR) is 136 cm³/mol. The molecule has 6 heteroatoms. The Bertz CT molecular complexity index is 1300. The molecule has 0 saturated heterocycles. The van der Waals surface area contributed by atoms with Crippen molar-refractivity contribution in [3.63, 3.8) is 0 Å². The lowest BCUT2D eigenvalue weighted by molar-refractivity contribution is 0.0538. The first kappa shape index (κ1) is 24.7. The molecular formula is C28H30N2O4. The molecular weight excluding hydrogens is 428 g/mol. The highest BCUT2D eigenvalue weighted by atomic mass is 16.6. The number of aryl methyl sites for hydroxylation is 1. The molecule has 0 fully saturated rings. The Morgan fingerprint density at radius 3 is 2.32 bits per heavy atom. The molecule has 1 aromatic heterocycles. The minimum Gasteiger partial charge on any atom is -0.465 e. The fourth-order valence-electron chi connectivity index (χ4n) is 3.60. The predicted octanol–water partition coefficient (Wildman–Crippen LogP) is 6.73. The number of methoxy groups -OCH3 is 1. The Morgan fingerprint density at radius 1 is 1.09 bits per heavy atom. The van der Waals surface area contributed by atoms with Crippen LogP contribution >= 0.6 is 0 Å². The fraction of sp³-hybridized carbons (Fsp3) is 0.250. The van der Waals surface area contributed by atoms with Crippen molar-refractivity contribution in [2.75, 3.05) is 7.11 Å². The molecule has 0 amide bonds. The standard InChI is InChI=1S/C28H30N2O4/c1-8-10-11-19(9-2)20-12-14-21(15-13-20)22-16-23(26(31)33-7)25-24(17-22)30(18(3)29-25)27(32)34-28(4,5)6/h8-17H,2H2,1,3-7H3/b10-8-,19-11+. The van der Waals surface area contributed by atoms with Gasteiger partial charge in [0.2, 0.25) is 0 Å². The van der Waals surface area contributed by atoms with Crippen molar-refractivity contribution in [2.45, 2.75) is 40.2 Å². The van der Waals surface area contributed by atoms with Crippen LogP contribution in [0.4, 0.5) is 4.79 Å². The van der Waals surface area contributed by atoms with Crippen LogP contribution in [0, 0.1) is 6.92 Å². The van der Waals surface area contributed by atoms with Crippen LogP contribution in [0.5, 0.6) is 0 Å². The zero-order valence-electron chi connectivity index (χ0n) is 20.5. The molecule has 0 radical (unpaired) electrons. The summed E-state index contributed by atoms with van der Waals surface area (Å²) in [5, 5.41) is 0. The summed E-state index contributed by atoms with van der Waals surface area (Å²) in [4.78, 5) is 30.0. The molecule has 0 aliphatic rings. The van der Waals surface area contributed by atoms with Crippen molar-refractivity contribution in [1.82, 2.24) is 9.55 Å². The molecule has 0 spiro atoms. The number of allylic oxidation sites excluding steroid dienone is 5. The molecule has 34 heavy (non-hydrogen) atoms. The van der Waals surface area contributed by atoms with Gasteiger partial charge in [-0.1, -0.05) is 55.1 Å². The molecule has 0 aliphatic heterocycles. The number of benzene rings is 2. The Morgan fingerprint density at radius 2 is 1.76 bits per heavy atom. The maximum absolute atomic E-state index is 13.0. The molecule has 1 heterocycles. The van der Waals surface area contributed by atoms with Crippen LogP contribution in [0.25, 0.3) is 27.7 Å². The van der Waals surface area contributed by atoms with Gasteiger partial charge in [-0.25, -0.2) is 19.1 Å². The lowest BCUT2D eigenvalue weighted by atomic mass is 9.98. The Hall–Kier alpha value is -3.93. The van der Waals surface area contributed by atoms with Crippen LogP contribution in [0.2, 0.25) is 0 Å². The summed E-state index contributed by atoms with van der Waals surface area (Å²) in [5.41, 5.74) is 4.11. The minimum atomic E-state index is -0.678. The summed E-state index contributed by atoms with van der Waals surface area (Å²) < 4.78 is 12.0. The molecule has 3 rings (SSSR count). The first-order chi connectivity index (χ1) is 16.1. The van der Waals surface area contributed by atoms with Gasteiger partial charge in [-0.05, 0) is 69.0 Å². The van der Waals surface area contributed by atoms with Crippen LogP contribution in [0.15, 0.2) is 67.3 Å². The summed E-state index contributed by atoms with van der Waals surface area (Å²) in [6, 6.07) is 11.5. The molecule has 2 aromatic carbocycles. The molecule has 3 aromatic rings. The van der Waals surface area contributed by atoms with E-state index in [-0.39, 0.29) is 5.56 Å². The second-order valence-electron chi connectivity index (χ2n) is 8.79. The van der Waals surface area contributed by atoms with E-state index in [4.69, 9.17) is 9.47 Å². The van der Waals surface area contributed by atoms with E-state index in [1.54, 1.807) is 39.8 Å². The molecule has 0 bridgehead atoms. The van der Waals surface area contributed by atoms with E-state index in [0.717, 1.165) is 22.3 Å². The van der Waals surface area contributed by atoms with E-state index in [1.165, 1.54) is 11.7 Å². The normalized spacial score (nSPS) is 12.2. The smallest absolute Gasteiger partial charge is 0.420 e. The van der Waals surface area contributed by atoms with Gasteiger partial charge in [-0.3, -0.25) is 0 Å². The SMILES string of the molecule is C=C/C(=C\C=C/C)c1ccc(-c2cc(C(=O)OC)c3nc(C)n(C(=O)OC(C)(C)C)c3c2)cc1. The van der Waals surface area contributed by atoms with Crippen molar-refractivity contribution >= 4 is 28.7 Å². The first-order valence-electron chi connectivity index (χ1n) is 11.0. The Balaban J connectivity index is 2.18. The molecule has 0 atom stereocenters. The molecule has 176 valence electrons. The van der Waals surface area contributed by atoms with E-state index < -0.39 is 17.7 Å². The van der Waals surface area contributed by atoms with Gasteiger partial charge in [-0.2, -0.15) is 0 Å². The maximum atomic E-state index is 13.0. The van der Waals surface area contributed by atoms with E-state index >= 15 is 0 Å². The number of imidazole rings is 1. The van der Waals surface area contributed by atoms with Gasteiger partial charge in [0.1, 0.15) is 16.9 Å². The van der Waals surface area contributed by atoms with Crippen molar-refractivity contribution in [2.24, 2.45) is 0 Å². The molecule has 6 nitrogen and oxygen atoms in total. The largest absolute Gasteiger partial charge is 0.465 e. The van der Waals surface area contributed by atoms with E-state index in [2.05, 4.69) is 11.6 Å². The van der Waals surface area contributed by atoms with Crippen molar-refractivity contribution < 1.29 is 19.1 Å². The number of hydrogen-bond donors (Lipinski definition) is 0. The number of carbonyl (C=O) groups excluding carboxylic acids is 2. The van der Waals surface area contributed by atoms with Crippen molar-refractivity contribution in [3.05, 3.63) is 84.2 Å². The molecule has 0 aliphatic carbocycles. The summed E-state index contributed by atoms with van der Waals surface area (Å²) in [7, 11) is 1.32. The number of carbonyl (C=O) groups is 2. The second kappa shape index (κ2) is 9.91. The number of fused-ring (bicyclic) bond motifs is 1. The van der Waals surface area contributed by atoms with E-state index in [0.29, 0.717) is 16.9 Å². The van der Waals surface area contributed by atoms with Gasteiger partial charge in [0, 0.05) is 0 Å². The summed E-state index contributed by atoms with van der Waals surface area (Å²) >= 11 is 0. The summed E-state index contributed by atoms with van der Waals surface area (Å²) in [6.07, 6.45) is 7.16. The highest BCUT2D eigenvalue weighted by molar-refractivity contribution is 6.06. The van der Waals surface area contributed by atoms with Crippen LogP contribution in [-0.2, 0) is 9.47 Å². The molecule has 0 unspecified atom stereocenters. The summed E-state index contributed by atoms with van der Waals surface area (Å²) in [5.74, 6) is -0.104. The lowest BCUT2D eigenvalue weighted by Gasteiger charge is -2.20. The number of hydrogen-bond acceptors (Lipinski definition) is 5. The maximum Gasteiger partial charge on any atom is 0.420 e.